The highest BCUT2D eigenvalue weighted by Crippen LogP contribution is 2.37. The molecular weight excluding hydrogens is 256 g/mol. The Hall–Kier alpha value is -2.12. The number of nitrogens with zero attached hydrogens (tertiary/aromatic N) is 1. The van der Waals surface area contributed by atoms with Crippen molar-refractivity contribution in [3.05, 3.63) is 39.6 Å². The van der Waals surface area contributed by atoms with Crippen LogP contribution in [0.25, 0.3) is 11.1 Å². The minimum Gasteiger partial charge on any atom is -0.324 e. The van der Waals surface area contributed by atoms with Crippen molar-refractivity contribution in [1.29, 1.82) is 5.26 Å². The zero-order valence-corrected chi connectivity index (χ0v) is 11.9. The van der Waals surface area contributed by atoms with Gasteiger partial charge in [0.25, 0.3) is 0 Å². The van der Waals surface area contributed by atoms with E-state index in [1.54, 1.807) is 0 Å². The van der Waals surface area contributed by atoms with Crippen LogP contribution in [0.3, 0.4) is 0 Å². The van der Waals surface area contributed by atoms with Gasteiger partial charge in [0, 0.05) is 17.9 Å². The van der Waals surface area contributed by atoms with Crippen molar-refractivity contribution in [3.8, 4) is 17.2 Å². The molecule has 4 heteroatoms. The summed E-state index contributed by atoms with van der Waals surface area (Å²) in [4.78, 5) is 11.8. The number of amides is 1. The quantitative estimate of drug-likeness (QED) is 0.900. The van der Waals surface area contributed by atoms with Crippen LogP contribution in [0.5, 0.6) is 0 Å². The number of aryl methyl sites for hydroxylation is 2. The van der Waals surface area contributed by atoms with Crippen LogP contribution >= 0.6 is 11.3 Å². The lowest BCUT2D eigenvalue weighted by atomic mass is 9.99. The Morgan fingerprint density at radius 3 is 2.68 bits per heavy atom. The fraction of sp³-hybridized carbons (Fsp3) is 0.200. The third-order valence-electron chi connectivity index (χ3n) is 2.88. The molecule has 0 radical (unpaired) electrons. The molecular formula is C15H14N2OS. The second kappa shape index (κ2) is 5.25. The van der Waals surface area contributed by atoms with Crippen LogP contribution in [0.2, 0.25) is 0 Å². The van der Waals surface area contributed by atoms with Gasteiger partial charge in [0.1, 0.15) is 10.9 Å². The maximum absolute atomic E-state index is 11.3. The molecule has 0 aliphatic carbocycles. The van der Waals surface area contributed by atoms with E-state index in [9.17, 15) is 4.79 Å². The first-order valence-corrected chi connectivity index (χ1v) is 6.77. The first kappa shape index (κ1) is 13.3. The van der Waals surface area contributed by atoms with Crippen LogP contribution < -0.4 is 5.32 Å². The fourth-order valence-electron chi connectivity index (χ4n) is 1.96. The number of carbonyl (C=O) groups excluding carboxylic acids is 1. The molecule has 0 fully saturated rings. The molecule has 0 saturated heterocycles. The number of anilines is 1. The van der Waals surface area contributed by atoms with E-state index in [1.807, 2.05) is 25.3 Å². The zero-order valence-electron chi connectivity index (χ0n) is 11.1. The maximum Gasteiger partial charge on any atom is 0.221 e. The van der Waals surface area contributed by atoms with Crippen LogP contribution in [0.4, 0.5) is 5.69 Å². The van der Waals surface area contributed by atoms with Crippen molar-refractivity contribution in [3.63, 3.8) is 0 Å². The van der Waals surface area contributed by atoms with E-state index in [0.29, 0.717) is 10.6 Å². The molecule has 0 aliphatic rings. The zero-order chi connectivity index (χ0) is 14.0. The average molecular weight is 270 g/mol. The molecule has 1 aromatic carbocycles. The molecule has 1 heterocycles. The van der Waals surface area contributed by atoms with Crippen molar-refractivity contribution >= 4 is 22.9 Å². The summed E-state index contributed by atoms with van der Waals surface area (Å²) in [5, 5.41) is 13.8. The molecule has 1 N–H and O–H groups in total. The van der Waals surface area contributed by atoms with Gasteiger partial charge < -0.3 is 5.32 Å². The Bertz CT molecular complexity index is 680. The molecule has 1 amide bonds. The first-order chi connectivity index (χ1) is 9.02. The Morgan fingerprint density at radius 2 is 2.05 bits per heavy atom. The number of hydrogen-bond donors (Lipinski definition) is 1. The number of carbonyl (C=O) groups is 1. The standard InChI is InChI=1S/C15H14N2OS/c1-9-4-5-10(2)12(6-9)13-8-19-14(7-16)15(13)17-11(3)18/h4-6,8H,1-3H3,(H,17,18). The van der Waals surface area contributed by atoms with E-state index in [2.05, 4.69) is 23.5 Å². The van der Waals surface area contributed by atoms with Crippen molar-refractivity contribution in [2.75, 3.05) is 5.32 Å². The Balaban J connectivity index is 2.62. The minimum atomic E-state index is -0.165. The summed E-state index contributed by atoms with van der Waals surface area (Å²) < 4.78 is 0. The maximum atomic E-state index is 11.3. The van der Waals surface area contributed by atoms with Crippen LogP contribution in [-0.4, -0.2) is 5.91 Å². The van der Waals surface area contributed by atoms with Crippen molar-refractivity contribution in [2.24, 2.45) is 0 Å². The summed E-state index contributed by atoms with van der Waals surface area (Å²) in [7, 11) is 0. The molecule has 19 heavy (non-hydrogen) atoms. The van der Waals surface area contributed by atoms with Gasteiger partial charge in [-0.3, -0.25) is 4.79 Å². The second-order valence-electron chi connectivity index (χ2n) is 4.46. The summed E-state index contributed by atoms with van der Waals surface area (Å²) in [6, 6.07) is 8.30. The van der Waals surface area contributed by atoms with Gasteiger partial charge in [0.05, 0.1) is 5.69 Å². The third-order valence-corrected chi connectivity index (χ3v) is 3.76. The SMILES string of the molecule is CC(=O)Nc1c(-c2cc(C)ccc2C)csc1C#N. The van der Waals surface area contributed by atoms with Crippen LogP contribution in [0, 0.1) is 25.2 Å². The van der Waals surface area contributed by atoms with E-state index >= 15 is 0 Å². The van der Waals surface area contributed by atoms with E-state index in [4.69, 9.17) is 5.26 Å². The lowest BCUT2D eigenvalue weighted by Crippen LogP contribution is -2.07. The summed E-state index contributed by atoms with van der Waals surface area (Å²) in [5.74, 6) is -0.165. The summed E-state index contributed by atoms with van der Waals surface area (Å²) in [6.45, 7) is 5.50. The van der Waals surface area contributed by atoms with Crippen LogP contribution in [-0.2, 0) is 4.79 Å². The van der Waals surface area contributed by atoms with Gasteiger partial charge in [-0.05, 0) is 25.0 Å². The smallest absolute Gasteiger partial charge is 0.221 e. The molecule has 0 saturated carbocycles. The van der Waals surface area contributed by atoms with Gasteiger partial charge >= 0.3 is 0 Å². The number of hydrogen-bond acceptors (Lipinski definition) is 3. The van der Waals surface area contributed by atoms with Gasteiger partial charge in [-0.15, -0.1) is 11.3 Å². The predicted molar refractivity (Wildman–Crippen MR) is 78.2 cm³/mol. The largest absolute Gasteiger partial charge is 0.324 e. The van der Waals surface area contributed by atoms with E-state index in [1.165, 1.54) is 18.3 Å². The van der Waals surface area contributed by atoms with Gasteiger partial charge in [-0.25, -0.2) is 0 Å². The van der Waals surface area contributed by atoms with Crippen molar-refractivity contribution < 1.29 is 4.79 Å². The number of benzene rings is 1. The van der Waals surface area contributed by atoms with E-state index in [0.717, 1.165) is 22.3 Å². The third kappa shape index (κ3) is 2.67. The molecule has 0 bridgehead atoms. The summed E-state index contributed by atoms with van der Waals surface area (Å²) in [5.41, 5.74) is 4.87. The minimum absolute atomic E-state index is 0.165. The predicted octanol–water partition coefficient (Wildman–Crippen LogP) is 3.86. The number of thiophene rings is 1. The summed E-state index contributed by atoms with van der Waals surface area (Å²) >= 11 is 1.35. The molecule has 2 aromatic rings. The Morgan fingerprint density at radius 1 is 1.32 bits per heavy atom. The summed E-state index contributed by atoms with van der Waals surface area (Å²) in [6.07, 6.45) is 0. The topological polar surface area (TPSA) is 52.9 Å². The van der Waals surface area contributed by atoms with Gasteiger partial charge in [0.2, 0.25) is 5.91 Å². The lowest BCUT2D eigenvalue weighted by molar-refractivity contribution is -0.114. The molecule has 3 nitrogen and oxygen atoms in total. The monoisotopic (exact) mass is 270 g/mol. The van der Waals surface area contributed by atoms with Crippen molar-refractivity contribution in [1.82, 2.24) is 0 Å². The molecule has 96 valence electrons. The number of nitriles is 1. The fourth-order valence-corrected chi connectivity index (χ4v) is 2.78. The molecule has 0 spiro atoms. The Labute approximate surface area is 116 Å². The van der Waals surface area contributed by atoms with Crippen LogP contribution in [0.1, 0.15) is 22.9 Å². The molecule has 0 atom stereocenters. The molecule has 1 aromatic heterocycles. The highest BCUT2D eigenvalue weighted by atomic mass is 32.1. The average Bonchev–Trinajstić information content (AvgIpc) is 2.74. The van der Waals surface area contributed by atoms with E-state index in [-0.39, 0.29) is 5.91 Å². The first-order valence-electron chi connectivity index (χ1n) is 5.89. The van der Waals surface area contributed by atoms with E-state index < -0.39 is 0 Å². The van der Waals surface area contributed by atoms with Crippen molar-refractivity contribution in [2.45, 2.75) is 20.8 Å². The molecule has 0 unspecified atom stereocenters. The van der Waals surface area contributed by atoms with Gasteiger partial charge in [-0.1, -0.05) is 23.8 Å². The van der Waals surface area contributed by atoms with Crippen LogP contribution in [0.15, 0.2) is 23.6 Å². The highest BCUT2D eigenvalue weighted by molar-refractivity contribution is 7.11. The molecule has 0 aliphatic heterocycles. The molecule has 2 rings (SSSR count). The second-order valence-corrected chi connectivity index (χ2v) is 5.34. The highest BCUT2D eigenvalue weighted by Gasteiger charge is 2.15. The lowest BCUT2D eigenvalue weighted by Gasteiger charge is -2.09. The Kier molecular flexibility index (Phi) is 3.68. The van der Waals surface area contributed by atoms with Gasteiger partial charge in [0.15, 0.2) is 0 Å². The number of nitrogens with one attached hydrogen (secondary N) is 1. The van der Waals surface area contributed by atoms with Gasteiger partial charge in [-0.2, -0.15) is 5.26 Å². The number of rotatable bonds is 2. The normalized spacial score (nSPS) is 10.0.